The molecule has 1 aliphatic rings. The molecule has 0 bridgehead atoms. The second-order valence-electron chi connectivity index (χ2n) is 4.06. The lowest BCUT2D eigenvalue weighted by molar-refractivity contribution is 0.627. The van der Waals surface area contributed by atoms with Crippen LogP contribution in [-0.4, -0.2) is 0 Å². The molecule has 0 amide bonds. The van der Waals surface area contributed by atoms with Crippen molar-refractivity contribution in [1.29, 1.82) is 0 Å². The van der Waals surface area contributed by atoms with Crippen LogP contribution in [-0.2, 0) is 12.8 Å². The fourth-order valence-electron chi connectivity index (χ4n) is 1.94. The molecule has 0 saturated carbocycles. The summed E-state index contributed by atoms with van der Waals surface area (Å²) in [6.07, 6.45) is 3.96. The van der Waals surface area contributed by atoms with E-state index in [1.54, 1.807) is 23.3 Å². The first kappa shape index (κ1) is 12.3. The largest absolute Gasteiger partial charge is 0.207 e. The van der Waals surface area contributed by atoms with Crippen LogP contribution in [0.25, 0.3) is 0 Å². The van der Waals surface area contributed by atoms with Crippen molar-refractivity contribution in [2.24, 2.45) is 0 Å². The highest BCUT2D eigenvalue weighted by Gasteiger charge is 2.07. The molecule has 0 spiro atoms. The van der Waals surface area contributed by atoms with Gasteiger partial charge in [-0.2, -0.15) is 0 Å². The second-order valence-corrected chi connectivity index (χ2v) is 4.97. The molecule has 0 fully saturated rings. The monoisotopic (exact) mass is 292 g/mol. The first-order valence-corrected chi connectivity index (χ1v) is 6.53. The summed E-state index contributed by atoms with van der Waals surface area (Å²) in [4.78, 5) is 0. The number of fused-ring (bicyclic) bond motifs is 1. The predicted molar refractivity (Wildman–Crippen MR) is 72.6 cm³/mol. The highest BCUT2D eigenvalue weighted by molar-refractivity contribution is 9.10. The molecule has 0 aromatic heterocycles. The van der Waals surface area contributed by atoms with Crippen LogP contribution in [0.4, 0.5) is 4.39 Å². The third-order valence-electron chi connectivity index (χ3n) is 2.81. The van der Waals surface area contributed by atoms with E-state index < -0.39 is 0 Å². The molecule has 17 heavy (non-hydrogen) atoms. The lowest BCUT2D eigenvalue weighted by Crippen LogP contribution is -1.77. The molecule has 2 heteroatoms. The number of aryl methyl sites for hydroxylation is 2. The summed E-state index contributed by atoms with van der Waals surface area (Å²) in [7, 11) is 0. The van der Waals surface area contributed by atoms with Crippen molar-refractivity contribution in [3.8, 4) is 0 Å². The van der Waals surface area contributed by atoms with Gasteiger partial charge in [0.15, 0.2) is 0 Å². The van der Waals surface area contributed by atoms with Gasteiger partial charge in [-0.3, -0.25) is 0 Å². The van der Waals surface area contributed by atoms with Crippen molar-refractivity contribution in [1.82, 2.24) is 0 Å². The van der Waals surface area contributed by atoms with Crippen LogP contribution in [0.5, 0.6) is 0 Å². The minimum Gasteiger partial charge on any atom is -0.207 e. The van der Waals surface area contributed by atoms with E-state index in [4.69, 9.17) is 0 Å². The highest BCUT2D eigenvalue weighted by Crippen LogP contribution is 2.20. The summed E-state index contributed by atoms with van der Waals surface area (Å²) in [6.45, 7) is 0. The molecule has 0 radical (unpaired) electrons. The first-order valence-electron chi connectivity index (χ1n) is 5.73. The molecule has 0 heterocycles. The maximum absolute atomic E-state index is 12.1. The van der Waals surface area contributed by atoms with E-state index in [0.717, 1.165) is 4.47 Å². The van der Waals surface area contributed by atoms with E-state index in [1.807, 2.05) is 0 Å². The Labute approximate surface area is 110 Å². The van der Waals surface area contributed by atoms with Crippen molar-refractivity contribution in [3.63, 3.8) is 0 Å². The quantitative estimate of drug-likeness (QED) is 0.656. The number of benzene rings is 2. The van der Waals surface area contributed by atoms with Gasteiger partial charge in [0.25, 0.3) is 0 Å². The molecule has 0 saturated heterocycles. The van der Waals surface area contributed by atoms with Gasteiger partial charge in [0.1, 0.15) is 5.82 Å². The van der Waals surface area contributed by atoms with E-state index in [1.165, 1.54) is 31.4 Å². The van der Waals surface area contributed by atoms with Crippen molar-refractivity contribution in [2.45, 2.75) is 19.3 Å². The molecule has 0 unspecified atom stereocenters. The van der Waals surface area contributed by atoms with Gasteiger partial charge < -0.3 is 0 Å². The Kier molecular flexibility index (Phi) is 4.32. The Morgan fingerprint density at radius 3 is 1.82 bits per heavy atom. The van der Waals surface area contributed by atoms with Crippen LogP contribution in [0, 0.1) is 5.82 Å². The smallest absolute Gasteiger partial charge is 0.123 e. The van der Waals surface area contributed by atoms with Crippen molar-refractivity contribution in [3.05, 3.63) is 69.9 Å². The Hall–Kier alpha value is -1.15. The lowest BCUT2D eigenvalue weighted by Gasteiger charge is -1.93. The summed E-state index contributed by atoms with van der Waals surface area (Å²) in [5.74, 6) is -0.201. The molecular weight excluding hydrogens is 279 g/mol. The van der Waals surface area contributed by atoms with Gasteiger partial charge in [0.05, 0.1) is 0 Å². The average molecular weight is 293 g/mol. The summed E-state index contributed by atoms with van der Waals surface area (Å²) >= 11 is 3.18. The maximum atomic E-state index is 12.1. The van der Waals surface area contributed by atoms with Gasteiger partial charge in [0, 0.05) is 4.47 Å². The van der Waals surface area contributed by atoms with Gasteiger partial charge in [-0.15, -0.1) is 0 Å². The zero-order valence-electron chi connectivity index (χ0n) is 9.50. The van der Waals surface area contributed by atoms with E-state index in [2.05, 4.69) is 40.2 Å². The van der Waals surface area contributed by atoms with Crippen molar-refractivity contribution < 1.29 is 4.39 Å². The number of halogens is 2. The number of hydrogen-bond acceptors (Lipinski definition) is 0. The molecule has 0 nitrogen and oxygen atoms in total. The molecule has 0 N–H and O–H groups in total. The van der Waals surface area contributed by atoms with Gasteiger partial charge in [-0.1, -0.05) is 40.2 Å². The molecule has 2 aromatic rings. The molecule has 0 aliphatic heterocycles. The molecular formula is C15H14BrF. The molecule has 3 rings (SSSR count). The standard InChI is InChI=1S/C9H10.C6H4BrF/c1-2-5-9-7-3-6-8(9)4-1;7-5-1-3-6(8)4-2-5/h1-2,4-5H,3,6-7H2;1-4H. The first-order chi connectivity index (χ1) is 8.25. The fraction of sp³-hybridized carbons (Fsp3) is 0.200. The van der Waals surface area contributed by atoms with E-state index in [0.29, 0.717) is 0 Å². The molecule has 0 atom stereocenters. The molecule has 1 aliphatic carbocycles. The summed E-state index contributed by atoms with van der Waals surface area (Å²) in [6, 6.07) is 14.9. The predicted octanol–water partition coefficient (Wildman–Crippen LogP) is 4.76. The van der Waals surface area contributed by atoms with Gasteiger partial charge in [0.2, 0.25) is 0 Å². The minimum atomic E-state index is -0.201. The zero-order valence-corrected chi connectivity index (χ0v) is 11.1. The number of rotatable bonds is 0. The topological polar surface area (TPSA) is 0 Å². The Morgan fingerprint density at radius 2 is 1.35 bits per heavy atom. The normalized spacial score (nSPS) is 12.6. The van der Waals surface area contributed by atoms with Gasteiger partial charge in [-0.25, -0.2) is 4.39 Å². The Morgan fingerprint density at radius 1 is 0.824 bits per heavy atom. The lowest BCUT2D eigenvalue weighted by atomic mass is 10.1. The summed E-state index contributed by atoms with van der Waals surface area (Å²) in [5.41, 5.74) is 3.13. The van der Waals surface area contributed by atoms with E-state index in [9.17, 15) is 4.39 Å². The Bertz CT molecular complexity index is 433. The SMILES string of the molecule is Fc1ccc(Br)cc1.c1ccc2c(c1)CCC2. The zero-order chi connectivity index (χ0) is 12.1. The van der Waals surface area contributed by atoms with E-state index in [-0.39, 0.29) is 5.82 Å². The highest BCUT2D eigenvalue weighted by atomic mass is 79.9. The maximum Gasteiger partial charge on any atom is 0.123 e. The summed E-state index contributed by atoms with van der Waals surface area (Å²) < 4.78 is 13.0. The van der Waals surface area contributed by atoms with Crippen LogP contribution >= 0.6 is 15.9 Å². The average Bonchev–Trinajstić information content (AvgIpc) is 2.82. The molecule has 2 aromatic carbocycles. The fourth-order valence-corrected chi connectivity index (χ4v) is 2.21. The van der Waals surface area contributed by atoms with Crippen LogP contribution in [0.2, 0.25) is 0 Å². The Balaban J connectivity index is 0.000000128. The summed E-state index contributed by atoms with van der Waals surface area (Å²) in [5, 5.41) is 0. The number of hydrogen-bond donors (Lipinski definition) is 0. The third-order valence-corrected chi connectivity index (χ3v) is 3.34. The van der Waals surface area contributed by atoms with Crippen LogP contribution in [0.15, 0.2) is 53.0 Å². The third kappa shape index (κ3) is 3.67. The van der Waals surface area contributed by atoms with Crippen LogP contribution in [0.3, 0.4) is 0 Å². The van der Waals surface area contributed by atoms with Crippen LogP contribution in [0.1, 0.15) is 17.5 Å². The van der Waals surface area contributed by atoms with Gasteiger partial charge >= 0.3 is 0 Å². The minimum absolute atomic E-state index is 0.201. The van der Waals surface area contributed by atoms with Crippen molar-refractivity contribution in [2.75, 3.05) is 0 Å². The van der Waals surface area contributed by atoms with E-state index >= 15 is 0 Å². The van der Waals surface area contributed by atoms with Gasteiger partial charge in [-0.05, 0) is 54.7 Å². The molecule has 88 valence electrons. The van der Waals surface area contributed by atoms with Crippen LogP contribution < -0.4 is 0 Å². The second kappa shape index (κ2) is 5.97. The van der Waals surface area contributed by atoms with Crippen molar-refractivity contribution >= 4 is 15.9 Å².